The Morgan fingerprint density at radius 2 is 1.78 bits per heavy atom. The Labute approximate surface area is 169 Å². The zero-order valence-corrected chi connectivity index (χ0v) is 16.6. The first-order chi connectivity index (χ1) is 12.8. The molecule has 2 N–H and O–H groups in total. The molecule has 0 radical (unpaired) electrons. The quantitative estimate of drug-likeness (QED) is 0.684. The number of carbonyl (C=O) groups excluding carboxylic acids is 3. The van der Waals surface area contributed by atoms with E-state index in [2.05, 4.69) is 21.2 Å². The number of nitrogens with one attached hydrogen (secondary N) is 1. The summed E-state index contributed by atoms with van der Waals surface area (Å²) in [5.74, 6) is -1.56. The van der Waals surface area contributed by atoms with E-state index >= 15 is 0 Å². The molecule has 2 aromatic rings. The summed E-state index contributed by atoms with van der Waals surface area (Å²) >= 11 is 9.08. The van der Waals surface area contributed by atoms with E-state index in [1.807, 2.05) is 0 Å². The zero-order valence-electron chi connectivity index (χ0n) is 14.3. The van der Waals surface area contributed by atoms with Crippen molar-refractivity contribution in [3.63, 3.8) is 0 Å². The van der Waals surface area contributed by atoms with E-state index in [0.717, 1.165) is 4.90 Å². The van der Waals surface area contributed by atoms with Crippen LogP contribution < -0.4 is 5.32 Å². The minimum absolute atomic E-state index is 0.0560. The summed E-state index contributed by atoms with van der Waals surface area (Å²) in [5, 5.41) is 13.3. The van der Waals surface area contributed by atoms with Crippen molar-refractivity contribution in [2.45, 2.75) is 19.1 Å². The smallest absolute Gasteiger partial charge is 0.262 e. The van der Waals surface area contributed by atoms with Gasteiger partial charge >= 0.3 is 0 Å². The summed E-state index contributed by atoms with van der Waals surface area (Å²) in [6.07, 6.45) is -0.934. The third-order valence-electron chi connectivity index (χ3n) is 4.37. The van der Waals surface area contributed by atoms with Crippen molar-refractivity contribution in [2.75, 3.05) is 6.54 Å². The summed E-state index contributed by atoms with van der Waals surface area (Å²) in [4.78, 5) is 38.4. The highest BCUT2D eigenvalue weighted by molar-refractivity contribution is 9.10. The summed E-state index contributed by atoms with van der Waals surface area (Å²) in [6.45, 7) is 1.42. The normalized spacial score (nSPS) is 15.5. The standard InChI is InChI=1S/C19H16BrClN2O4/c1-10(17(25)22-9-16(24)11-2-5-13(21)6-3-11)23-18(26)14-7-4-12(20)8-15(14)19(23)27/h2-8,10,16,24H,9H2,1H3,(H,22,25). The zero-order chi connectivity index (χ0) is 19.7. The monoisotopic (exact) mass is 450 g/mol. The minimum atomic E-state index is -1.01. The molecule has 1 heterocycles. The fourth-order valence-electron chi connectivity index (χ4n) is 2.85. The molecular formula is C19H16BrClN2O4. The van der Waals surface area contributed by atoms with Crippen LogP contribution in [0.3, 0.4) is 0 Å². The molecule has 0 aromatic heterocycles. The fraction of sp³-hybridized carbons (Fsp3) is 0.211. The third kappa shape index (κ3) is 3.90. The Morgan fingerprint density at radius 3 is 2.44 bits per heavy atom. The van der Waals surface area contributed by atoms with E-state index in [1.54, 1.807) is 42.5 Å². The second-order valence-electron chi connectivity index (χ2n) is 6.16. The lowest BCUT2D eigenvalue weighted by atomic mass is 10.1. The van der Waals surface area contributed by atoms with E-state index in [4.69, 9.17) is 11.6 Å². The number of nitrogens with zero attached hydrogens (tertiary/aromatic N) is 1. The topological polar surface area (TPSA) is 86.7 Å². The lowest BCUT2D eigenvalue weighted by Crippen LogP contribution is -2.48. The van der Waals surface area contributed by atoms with Gasteiger partial charge in [0, 0.05) is 16.0 Å². The Kier molecular flexibility index (Phi) is 5.64. The Hall–Kier alpha value is -2.22. The number of aliphatic hydroxyl groups excluding tert-OH is 1. The van der Waals surface area contributed by atoms with E-state index in [-0.39, 0.29) is 17.7 Å². The van der Waals surface area contributed by atoms with Gasteiger partial charge < -0.3 is 10.4 Å². The highest BCUT2D eigenvalue weighted by Gasteiger charge is 2.40. The van der Waals surface area contributed by atoms with Gasteiger partial charge in [0.2, 0.25) is 5.91 Å². The highest BCUT2D eigenvalue weighted by atomic mass is 79.9. The van der Waals surface area contributed by atoms with Crippen LogP contribution in [0.4, 0.5) is 0 Å². The van der Waals surface area contributed by atoms with Crippen molar-refractivity contribution < 1.29 is 19.5 Å². The van der Waals surface area contributed by atoms with Crippen molar-refractivity contribution in [3.8, 4) is 0 Å². The van der Waals surface area contributed by atoms with Gasteiger partial charge in [-0.25, -0.2) is 0 Å². The van der Waals surface area contributed by atoms with Crippen molar-refractivity contribution in [3.05, 3.63) is 68.7 Å². The number of imide groups is 1. The van der Waals surface area contributed by atoms with Crippen molar-refractivity contribution in [1.29, 1.82) is 0 Å². The van der Waals surface area contributed by atoms with Crippen molar-refractivity contribution >= 4 is 45.3 Å². The van der Waals surface area contributed by atoms with Crippen LogP contribution in [0.15, 0.2) is 46.9 Å². The summed E-state index contributed by atoms with van der Waals surface area (Å²) in [5.41, 5.74) is 1.12. The molecule has 0 bridgehead atoms. The number of benzene rings is 2. The van der Waals surface area contributed by atoms with Gasteiger partial charge in [0.25, 0.3) is 11.8 Å². The predicted molar refractivity (Wildman–Crippen MR) is 104 cm³/mol. The number of rotatable bonds is 5. The maximum atomic E-state index is 12.5. The fourth-order valence-corrected chi connectivity index (χ4v) is 3.34. The lowest BCUT2D eigenvalue weighted by molar-refractivity contribution is -0.125. The maximum Gasteiger partial charge on any atom is 0.262 e. The molecule has 2 aromatic carbocycles. The average molecular weight is 452 g/mol. The van der Waals surface area contributed by atoms with Crippen LogP contribution in [0.1, 0.15) is 39.3 Å². The molecule has 1 aliphatic rings. The molecule has 6 nitrogen and oxygen atoms in total. The van der Waals surface area contributed by atoms with Gasteiger partial charge in [-0.05, 0) is 42.8 Å². The molecule has 0 spiro atoms. The third-order valence-corrected chi connectivity index (χ3v) is 5.12. The van der Waals surface area contributed by atoms with Crippen LogP contribution in [0, 0.1) is 0 Å². The number of hydrogen-bond donors (Lipinski definition) is 2. The van der Waals surface area contributed by atoms with Gasteiger partial charge in [0.05, 0.1) is 17.2 Å². The molecule has 27 heavy (non-hydrogen) atoms. The first kappa shape index (κ1) is 19.5. The van der Waals surface area contributed by atoms with Crippen LogP contribution >= 0.6 is 27.5 Å². The number of carbonyl (C=O) groups is 3. The van der Waals surface area contributed by atoms with E-state index in [9.17, 15) is 19.5 Å². The van der Waals surface area contributed by atoms with Crippen molar-refractivity contribution in [2.24, 2.45) is 0 Å². The number of amides is 3. The Balaban J connectivity index is 1.66. The molecule has 3 amide bonds. The van der Waals surface area contributed by atoms with Crippen LogP contribution in [-0.2, 0) is 4.79 Å². The number of fused-ring (bicyclic) bond motifs is 1. The second kappa shape index (κ2) is 7.80. The molecule has 8 heteroatoms. The summed E-state index contributed by atoms with van der Waals surface area (Å²) < 4.78 is 0.674. The van der Waals surface area contributed by atoms with Gasteiger partial charge in [-0.15, -0.1) is 0 Å². The second-order valence-corrected chi connectivity index (χ2v) is 7.51. The predicted octanol–water partition coefficient (Wildman–Crippen LogP) is 2.94. The first-order valence-corrected chi connectivity index (χ1v) is 9.35. The average Bonchev–Trinajstić information content (AvgIpc) is 2.89. The largest absolute Gasteiger partial charge is 0.387 e. The van der Waals surface area contributed by atoms with E-state index < -0.39 is 29.9 Å². The highest BCUT2D eigenvalue weighted by Crippen LogP contribution is 2.27. The molecule has 0 aliphatic carbocycles. The summed E-state index contributed by atoms with van der Waals surface area (Å²) in [7, 11) is 0. The van der Waals surface area contributed by atoms with E-state index in [0.29, 0.717) is 15.1 Å². The van der Waals surface area contributed by atoms with Crippen LogP contribution in [-0.4, -0.2) is 40.3 Å². The molecule has 2 unspecified atom stereocenters. The molecule has 0 saturated carbocycles. The lowest BCUT2D eigenvalue weighted by Gasteiger charge is -2.22. The van der Waals surface area contributed by atoms with Gasteiger partial charge in [0.1, 0.15) is 6.04 Å². The Bertz CT molecular complexity index is 916. The first-order valence-electron chi connectivity index (χ1n) is 8.18. The molecule has 140 valence electrons. The van der Waals surface area contributed by atoms with Crippen molar-refractivity contribution in [1.82, 2.24) is 10.2 Å². The van der Waals surface area contributed by atoms with Crippen LogP contribution in [0.5, 0.6) is 0 Å². The van der Waals surface area contributed by atoms with Crippen LogP contribution in [0.2, 0.25) is 5.02 Å². The van der Waals surface area contributed by atoms with Crippen LogP contribution in [0.25, 0.3) is 0 Å². The SMILES string of the molecule is CC(C(=O)NCC(O)c1ccc(Cl)cc1)N1C(=O)c2ccc(Br)cc2C1=O. The molecule has 0 fully saturated rings. The molecule has 2 atom stereocenters. The van der Waals surface area contributed by atoms with E-state index in [1.165, 1.54) is 6.92 Å². The van der Waals surface area contributed by atoms with Gasteiger partial charge in [0.15, 0.2) is 0 Å². The van der Waals surface area contributed by atoms with Gasteiger partial charge in [-0.1, -0.05) is 39.7 Å². The summed E-state index contributed by atoms with van der Waals surface area (Å²) in [6, 6.07) is 10.4. The number of halogens is 2. The number of aliphatic hydroxyl groups is 1. The molecular weight excluding hydrogens is 436 g/mol. The minimum Gasteiger partial charge on any atom is -0.387 e. The van der Waals surface area contributed by atoms with Gasteiger partial charge in [-0.2, -0.15) is 0 Å². The Morgan fingerprint density at radius 1 is 1.15 bits per heavy atom. The number of hydrogen-bond acceptors (Lipinski definition) is 4. The molecule has 1 aliphatic heterocycles. The molecule has 0 saturated heterocycles. The molecule has 3 rings (SSSR count). The maximum absolute atomic E-state index is 12.5. The van der Waals surface area contributed by atoms with Gasteiger partial charge in [-0.3, -0.25) is 19.3 Å².